The normalized spacial score (nSPS) is 13.6. The average molecular weight is 312 g/mol. The first-order valence-corrected chi connectivity index (χ1v) is 9.20. The van der Waals surface area contributed by atoms with Crippen molar-refractivity contribution in [1.82, 2.24) is 10.0 Å². The summed E-state index contributed by atoms with van der Waals surface area (Å²) in [6, 6.07) is 7.68. The molecule has 1 aromatic rings. The van der Waals surface area contributed by atoms with E-state index in [1.807, 2.05) is 38.2 Å². The number of hydrogen-bond donors (Lipinski definition) is 2. The van der Waals surface area contributed by atoms with Gasteiger partial charge >= 0.3 is 0 Å². The molecule has 0 aliphatic heterocycles. The van der Waals surface area contributed by atoms with Crippen LogP contribution < -0.4 is 10.0 Å². The Hall–Kier alpha value is -0.910. The minimum atomic E-state index is -3.28. The van der Waals surface area contributed by atoms with Crippen LogP contribution in [0.3, 0.4) is 0 Å². The van der Waals surface area contributed by atoms with Gasteiger partial charge in [-0.1, -0.05) is 38.1 Å². The SMILES string of the molecule is CNCc1cccc(CS(=O)(=O)NC(C)CCC(C)C)c1. The van der Waals surface area contributed by atoms with Crippen molar-refractivity contribution in [1.29, 1.82) is 0 Å². The van der Waals surface area contributed by atoms with E-state index in [0.29, 0.717) is 5.92 Å². The van der Waals surface area contributed by atoms with Crippen LogP contribution in [0.15, 0.2) is 24.3 Å². The van der Waals surface area contributed by atoms with Crippen LogP contribution in [0.5, 0.6) is 0 Å². The third-order valence-corrected chi connectivity index (χ3v) is 4.76. The van der Waals surface area contributed by atoms with Gasteiger partial charge in [0, 0.05) is 12.6 Å². The Kier molecular flexibility index (Phi) is 7.35. The molecule has 0 bridgehead atoms. The largest absolute Gasteiger partial charge is 0.316 e. The van der Waals surface area contributed by atoms with E-state index in [2.05, 4.69) is 23.9 Å². The van der Waals surface area contributed by atoms with Gasteiger partial charge in [-0.15, -0.1) is 0 Å². The van der Waals surface area contributed by atoms with Crippen molar-refractivity contribution in [2.24, 2.45) is 5.92 Å². The molecule has 4 nitrogen and oxygen atoms in total. The third kappa shape index (κ3) is 7.60. The topological polar surface area (TPSA) is 58.2 Å². The molecule has 1 aromatic carbocycles. The van der Waals surface area contributed by atoms with Gasteiger partial charge in [-0.3, -0.25) is 0 Å². The lowest BCUT2D eigenvalue weighted by molar-refractivity contribution is 0.485. The Morgan fingerprint density at radius 1 is 1.10 bits per heavy atom. The maximum atomic E-state index is 12.2. The van der Waals surface area contributed by atoms with E-state index < -0.39 is 10.0 Å². The van der Waals surface area contributed by atoms with Crippen molar-refractivity contribution >= 4 is 10.0 Å². The highest BCUT2D eigenvalue weighted by Gasteiger charge is 2.15. The summed E-state index contributed by atoms with van der Waals surface area (Å²) in [5, 5.41) is 3.07. The molecular formula is C16H28N2O2S. The summed E-state index contributed by atoms with van der Waals surface area (Å²) < 4.78 is 27.2. The molecule has 0 heterocycles. The smallest absolute Gasteiger partial charge is 0.216 e. The molecule has 21 heavy (non-hydrogen) atoms. The van der Waals surface area contributed by atoms with Crippen LogP contribution in [0, 0.1) is 5.92 Å². The lowest BCUT2D eigenvalue weighted by atomic mass is 10.1. The molecule has 2 N–H and O–H groups in total. The molecule has 0 aliphatic carbocycles. The van der Waals surface area contributed by atoms with E-state index in [9.17, 15) is 8.42 Å². The molecule has 0 aliphatic rings. The molecular weight excluding hydrogens is 284 g/mol. The van der Waals surface area contributed by atoms with E-state index in [1.54, 1.807) is 0 Å². The molecule has 5 heteroatoms. The quantitative estimate of drug-likeness (QED) is 0.737. The Balaban J connectivity index is 2.61. The number of nitrogens with one attached hydrogen (secondary N) is 2. The fraction of sp³-hybridized carbons (Fsp3) is 0.625. The van der Waals surface area contributed by atoms with Gasteiger partial charge in [0.15, 0.2) is 0 Å². The highest BCUT2D eigenvalue weighted by atomic mass is 32.2. The minimum Gasteiger partial charge on any atom is -0.316 e. The van der Waals surface area contributed by atoms with Gasteiger partial charge in [0.1, 0.15) is 0 Å². The summed E-state index contributed by atoms with van der Waals surface area (Å²) in [5.41, 5.74) is 1.92. The molecule has 0 amide bonds. The maximum Gasteiger partial charge on any atom is 0.216 e. The maximum absolute atomic E-state index is 12.2. The Labute approximate surface area is 129 Å². The predicted molar refractivity (Wildman–Crippen MR) is 88.5 cm³/mol. The summed E-state index contributed by atoms with van der Waals surface area (Å²) in [7, 11) is -1.41. The molecule has 0 saturated carbocycles. The second-order valence-corrected chi connectivity index (χ2v) is 7.85. The van der Waals surface area contributed by atoms with Gasteiger partial charge in [0.2, 0.25) is 10.0 Å². The molecule has 120 valence electrons. The third-order valence-electron chi connectivity index (χ3n) is 3.29. The second-order valence-electron chi connectivity index (χ2n) is 6.10. The van der Waals surface area contributed by atoms with Crippen molar-refractivity contribution in [3.63, 3.8) is 0 Å². The summed E-state index contributed by atoms with van der Waals surface area (Å²) in [6.45, 7) is 6.96. The Morgan fingerprint density at radius 3 is 2.38 bits per heavy atom. The van der Waals surface area contributed by atoms with Gasteiger partial charge in [-0.05, 0) is 43.9 Å². The summed E-state index contributed by atoms with van der Waals surface area (Å²) in [4.78, 5) is 0. The van der Waals surface area contributed by atoms with Crippen molar-refractivity contribution in [2.75, 3.05) is 7.05 Å². The summed E-state index contributed by atoms with van der Waals surface area (Å²) >= 11 is 0. The monoisotopic (exact) mass is 312 g/mol. The molecule has 0 radical (unpaired) electrons. The van der Waals surface area contributed by atoms with Gasteiger partial charge in [0.05, 0.1) is 5.75 Å². The average Bonchev–Trinajstić information content (AvgIpc) is 2.36. The van der Waals surface area contributed by atoms with E-state index in [-0.39, 0.29) is 11.8 Å². The van der Waals surface area contributed by atoms with Gasteiger partial charge in [0.25, 0.3) is 0 Å². The first-order valence-electron chi connectivity index (χ1n) is 7.55. The molecule has 0 aromatic heterocycles. The summed E-state index contributed by atoms with van der Waals surface area (Å²) in [6.07, 6.45) is 1.90. The molecule has 1 atom stereocenters. The van der Waals surface area contributed by atoms with E-state index in [0.717, 1.165) is 30.5 Å². The van der Waals surface area contributed by atoms with Crippen LogP contribution in [0.4, 0.5) is 0 Å². The number of sulfonamides is 1. The Morgan fingerprint density at radius 2 is 1.76 bits per heavy atom. The minimum absolute atomic E-state index is 0.0158. The van der Waals surface area contributed by atoms with Crippen LogP contribution in [0.1, 0.15) is 44.7 Å². The van der Waals surface area contributed by atoms with E-state index in [1.165, 1.54) is 0 Å². The van der Waals surface area contributed by atoms with Crippen LogP contribution in [0.25, 0.3) is 0 Å². The highest BCUT2D eigenvalue weighted by molar-refractivity contribution is 7.88. The summed E-state index contributed by atoms with van der Waals surface area (Å²) in [5.74, 6) is 0.631. The molecule has 0 fully saturated rings. The molecule has 0 spiro atoms. The molecule has 0 saturated heterocycles. The zero-order chi connectivity index (χ0) is 15.9. The van der Waals surface area contributed by atoms with Gasteiger partial charge < -0.3 is 5.32 Å². The van der Waals surface area contributed by atoms with Crippen LogP contribution >= 0.6 is 0 Å². The first kappa shape index (κ1) is 18.1. The van der Waals surface area contributed by atoms with Gasteiger partial charge in [-0.25, -0.2) is 13.1 Å². The molecule has 1 rings (SSSR count). The molecule has 1 unspecified atom stereocenters. The van der Waals surface area contributed by atoms with Crippen LogP contribution in [-0.4, -0.2) is 21.5 Å². The lowest BCUT2D eigenvalue weighted by Gasteiger charge is -2.15. The van der Waals surface area contributed by atoms with Crippen LogP contribution in [-0.2, 0) is 22.3 Å². The van der Waals surface area contributed by atoms with Gasteiger partial charge in [-0.2, -0.15) is 0 Å². The van der Waals surface area contributed by atoms with Crippen molar-refractivity contribution < 1.29 is 8.42 Å². The first-order chi connectivity index (χ1) is 9.82. The van der Waals surface area contributed by atoms with Crippen molar-refractivity contribution in [3.05, 3.63) is 35.4 Å². The number of rotatable bonds is 9. The zero-order valence-corrected chi connectivity index (χ0v) is 14.3. The number of benzene rings is 1. The van der Waals surface area contributed by atoms with E-state index in [4.69, 9.17) is 0 Å². The van der Waals surface area contributed by atoms with Crippen molar-refractivity contribution in [2.45, 2.75) is 52.0 Å². The zero-order valence-electron chi connectivity index (χ0n) is 13.5. The Bertz CT molecular complexity index is 527. The van der Waals surface area contributed by atoms with Crippen molar-refractivity contribution in [3.8, 4) is 0 Å². The fourth-order valence-corrected chi connectivity index (χ4v) is 3.68. The standard InChI is InChI=1S/C16H28N2O2S/c1-13(2)8-9-14(3)18-21(19,20)12-16-7-5-6-15(10-16)11-17-4/h5-7,10,13-14,17-18H,8-9,11-12H2,1-4H3. The predicted octanol–water partition coefficient (Wildman–Crippen LogP) is 2.65. The fourth-order valence-electron chi connectivity index (χ4n) is 2.24. The highest BCUT2D eigenvalue weighted by Crippen LogP contribution is 2.11. The van der Waals surface area contributed by atoms with Crippen LogP contribution in [0.2, 0.25) is 0 Å². The second kappa shape index (κ2) is 8.51. The number of hydrogen-bond acceptors (Lipinski definition) is 3. The lowest BCUT2D eigenvalue weighted by Crippen LogP contribution is -2.33. The van der Waals surface area contributed by atoms with E-state index >= 15 is 0 Å².